The van der Waals surface area contributed by atoms with Gasteiger partial charge >= 0.3 is 0 Å². The van der Waals surface area contributed by atoms with Gasteiger partial charge in [-0.05, 0) is 32.6 Å². The molecule has 0 bridgehead atoms. The molecule has 0 unspecified atom stereocenters. The van der Waals surface area contributed by atoms with Crippen LogP contribution in [0, 0.1) is 11.3 Å². The molecule has 1 heterocycles. The number of amides is 1. The summed E-state index contributed by atoms with van der Waals surface area (Å²) in [5.74, 6) is 0.0813. The molecule has 0 N–H and O–H groups in total. The highest BCUT2D eigenvalue weighted by atomic mass is 16.2. The third kappa shape index (κ3) is 3.19. The Morgan fingerprint density at radius 1 is 1.58 bits per heavy atom. The summed E-state index contributed by atoms with van der Waals surface area (Å²) in [6.45, 7) is 2.75. The first kappa shape index (κ1) is 13.3. The molecule has 1 aromatic rings. The molecular weight excluding hydrogens is 242 g/mol. The van der Waals surface area contributed by atoms with Crippen molar-refractivity contribution in [1.29, 1.82) is 5.26 Å². The van der Waals surface area contributed by atoms with Crippen LogP contribution < -0.4 is 0 Å². The van der Waals surface area contributed by atoms with E-state index >= 15 is 0 Å². The number of rotatable bonds is 4. The summed E-state index contributed by atoms with van der Waals surface area (Å²) in [4.78, 5) is 17.8. The standard InChI is InChI=1S/C13H17N5O/c1-2-18(11-6-4-3-5-7-11)13(19)9-17-10-15-12(8-14)16-17/h6,10H,2-5,7,9H2,1H3. The van der Waals surface area contributed by atoms with Gasteiger partial charge in [0.15, 0.2) is 0 Å². The molecule has 1 aromatic heterocycles. The summed E-state index contributed by atoms with van der Waals surface area (Å²) >= 11 is 0. The molecule has 0 aliphatic heterocycles. The fourth-order valence-corrected chi connectivity index (χ4v) is 2.25. The molecule has 0 spiro atoms. The summed E-state index contributed by atoms with van der Waals surface area (Å²) in [7, 11) is 0. The molecule has 0 aromatic carbocycles. The predicted octanol–water partition coefficient (Wildman–Crippen LogP) is 1.46. The summed E-state index contributed by atoms with van der Waals surface area (Å²) < 4.78 is 1.41. The van der Waals surface area contributed by atoms with Crippen LogP contribution in [0.3, 0.4) is 0 Å². The average Bonchev–Trinajstić information content (AvgIpc) is 2.88. The van der Waals surface area contributed by atoms with Crippen molar-refractivity contribution in [2.75, 3.05) is 6.54 Å². The third-order valence-corrected chi connectivity index (χ3v) is 3.16. The lowest BCUT2D eigenvalue weighted by Gasteiger charge is -2.26. The van der Waals surface area contributed by atoms with Crippen molar-refractivity contribution in [3.63, 3.8) is 0 Å². The number of allylic oxidation sites excluding steroid dienone is 2. The molecule has 0 atom stereocenters. The first-order chi connectivity index (χ1) is 9.24. The molecule has 6 nitrogen and oxygen atoms in total. The first-order valence-electron chi connectivity index (χ1n) is 6.53. The third-order valence-electron chi connectivity index (χ3n) is 3.16. The lowest BCUT2D eigenvalue weighted by atomic mass is 10.0. The van der Waals surface area contributed by atoms with Crippen molar-refractivity contribution < 1.29 is 4.79 Å². The zero-order chi connectivity index (χ0) is 13.7. The van der Waals surface area contributed by atoms with Gasteiger partial charge in [-0.15, -0.1) is 5.10 Å². The molecule has 2 rings (SSSR count). The molecule has 6 heteroatoms. The van der Waals surface area contributed by atoms with Crippen LogP contribution >= 0.6 is 0 Å². The number of nitriles is 1. The van der Waals surface area contributed by atoms with E-state index in [1.165, 1.54) is 17.4 Å². The van der Waals surface area contributed by atoms with Crippen LogP contribution in [0.15, 0.2) is 18.1 Å². The maximum absolute atomic E-state index is 12.3. The van der Waals surface area contributed by atoms with E-state index < -0.39 is 0 Å². The maximum Gasteiger partial charge on any atom is 0.252 e. The van der Waals surface area contributed by atoms with Crippen molar-refractivity contribution in [3.8, 4) is 6.07 Å². The van der Waals surface area contributed by atoms with Gasteiger partial charge in [0.2, 0.25) is 5.91 Å². The van der Waals surface area contributed by atoms with Gasteiger partial charge in [-0.25, -0.2) is 9.67 Å². The van der Waals surface area contributed by atoms with Gasteiger partial charge in [-0.3, -0.25) is 4.79 Å². The van der Waals surface area contributed by atoms with Gasteiger partial charge < -0.3 is 4.90 Å². The molecule has 0 fully saturated rings. The Hall–Kier alpha value is -2.16. The summed E-state index contributed by atoms with van der Waals surface area (Å²) in [6, 6.07) is 1.85. The van der Waals surface area contributed by atoms with Crippen LogP contribution in [-0.4, -0.2) is 32.1 Å². The molecule has 100 valence electrons. The minimum absolute atomic E-state index is 0.00922. The zero-order valence-electron chi connectivity index (χ0n) is 11.0. The van der Waals surface area contributed by atoms with Crippen molar-refractivity contribution in [2.45, 2.75) is 39.2 Å². The second-order valence-electron chi connectivity index (χ2n) is 4.46. The Morgan fingerprint density at radius 2 is 2.42 bits per heavy atom. The zero-order valence-corrected chi connectivity index (χ0v) is 11.0. The minimum atomic E-state index is -0.00922. The monoisotopic (exact) mass is 259 g/mol. The maximum atomic E-state index is 12.3. The van der Waals surface area contributed by atoms with E-state index in [4.69, 9.17) is 5.26 Å². The lowest BCUT2D eigenvalue weighted by molar-refractivity contribution is -0.130. The first-order valence-corrected chi connectivity index (χ1v) is 6.53. The SMILES string of the molecule is CCN(C(=O)Cn1cnc(C#N)n1)C1=CCCCC1. The van der Waals surface area contributed by atoms with Crippen molar-refractivity contribution in [2.24, 2.45) is 0 Å². The predicted molar refractivity (Wildman–Crippen MR) is 68.7 cm³/mol. The Labute approximate surface area is 112 Å². The molecule has 19 heavy (non-hydrogen) atoms. The van der Waals surface area contributed by atoms with Crippen LogP contribution in [0.2, 0.25) is 0 Å². The van der Waals surface area contributed by atoms with Crippen LogP contribution in [0.4, 0.5) is 0 Å². The van der Waals surface area contributed by atoms with Crippen LogP contribution in [-0.2, 0) is 11.3 Å². The van der Waals surface area contributed by atoms with E-state index in [0.29, 0.717) is 6.54 Å². The van der Waals surface area contributed by atoms with E-state index in [2.05, 4.69) is 16.2 Å². The second-order valence-corrected chi connectivity index (χ2v) is 4.46. The molecule has 1 aliphatic rings. The highest BCUT2D eigenvalue weighted by Crippen LogP contribution is 2.21. The van der Waals surface area contributed by atoms with Gasteiger partial charge in [0.05, 0.1) is 0 Å². The molecule has 1 amide bonds. The van der Waals surface area contributed by atoms with Crippen molar-refractivity contribution in [3.05, 3.63) is 23.9 Å². The fourth-order valence-electron chi connectivity index (χ4n) is 2.25. The van der Waals surface area contributed by atoms with E-state index in [-0.39, 0.29) is 18.3 Å². The Kier molecular flexibility index (Phi) is 4.29. The lowest BCUT2D eigenvalue weighted by Crippen LogP contribution is -2.33. The number of hydrogen-bond acceptors (Lipinski definition) is 4. The summed E-state index contributed by atoms with van der Waals surface area (Å²) in [6.07, 6.45) is 7.90. The Balaban J connectivity index is 2.04. The number of likely N-dealkylation sites (N-methyl/N-ethyl adjacent to an activating group) is 1. The number of carbonyl (C=O) groups excluding carboxylic acids is 1. The number of aromatic nitrogens is 3. The van der Waals surface area contributed by atoms with E-state index in [0.717, 1.165) is 25.0 Å². The minimum Gasteiger partial charge on any atom is -0.315 e. The van der Waals surface area contributed by atoms with Gasteiger partial charge in [0.25, 0.3) is 5.82 Å². The number of carbonyl (C=O) groups is 1. The van der Waals surface area contributed by atoms with Crippen LogP contribution in [0.1, 0.15) is 38.4 Å². The van der Waals surface area contributed by atoms with E-state index in [1.807, 2.05) is 13.0 Å². The highest BCUT2D eigenvalue weighted by molar-refractivity contribution is 5.77. The van der Waals surface area contributed by atoms with Gasteiger partial charge in [-0.1, -0.05) is 6.08 Å². The van der Waals surface area contributed by atoms with E-state index in [1.54, 1.807) is 4.90 Å². The Morgan fingerprint density at radius 3 is 3.00 bits per heavy atom. The van der Waals surface area contributed by atoms with E-state index in [9.17, 15) is 4.79 Å². The smallest absolute Gasteiger partial charge is 0.252 e. The average molecular weight is 259 g/mol. The molecule has 0 radical (unpaired) electrons. The fraction of sp³-hybridized carbons (Fsp3) is 0.538. The van der Waals surface area contributed by atoms with Crippen molar-refractivity contribution >= 4 is 5.91 Å². The molecular formula is C13H17N5O. The van der Waals surface area contributed by atoms with Crippen LogP contribution in [0.5, 0.6) is 0 Å². The summed E-state index contributed by atoms with van der Waals surface area (Å²) in [5.41, 5.74) is 1.11. The molecule has 1 aliphatic carbocycles. The number of hydrogen-bond donors (Lipinski definition) is 0. The molecule has 0 saturated carbocycles. The quantitative estimate of drug-likeness (QED) is 0.820. The topological polar surface area (TPSA) is 74.8 Å². The van der Waals surface area contributed by atoms with Gasteiger partial charge in [0.1, 0.15) is 18.9 Å². The normalized spacial score (nSPS) is 14.6. The van der Waals surface area contributed by atoms with Gasteiger partial charge in [-0.2, -0.15) is 5.26 Å². The Bertz CT molecular complexity index is 525. The second kappa shape index (κ2) is 6.14. The molecule has 0 saturated heterocycles. The highest BCUT2D eigenvalue weighted by Gasteiger charge is 2.18. The summed E-state index contributed by atoms with van der Waals surface area (Å²) in [5, 5.41) is 12.6. The van der Waals surface area contributed by atoms with Crippen LogP contribution in [0.25, 0.3) is 0 Å². The van der Waals surface area contributed by atoms with Crippen molar-refractivity contribution in [1.82, 2.24) is 19.7 Å². The van der Waals surface area contributed by atoms with Gasteiger partial charge in [0, 0.05) is 12.2 Å². The number of nitrogens with zero attached hydrogens (tertiary/aromatic N) is 5. The largest absolute Gasteiger partial charge is 0.315 e.